The van der Waals surface area contributed by atoms with Gasteiger partial charge in [-0.3, -0.25) is 4.98 Å². The monoisotopic (exact) mass is 467 g/mol. The molecule has 0 radical (unpaired) electrons. The fourth-order valence-electron chi connectivity index (χ4n) is 3.22. The molecule has 0 atom stereocenters. The first-order valence-corrected chi connectivity index (χ1v) is 11.6. The van der Waals surface area contributed by atoms with Crippen LogP contribution >= 0.6 is 35.2 Å². The summed E-state index contributed by atoms with van der Waals surface area (Å²) in [7, 11) is 0. The van der Waals surface area contributed by atoms with Crippen LogP contribution < -0.4 is 16.0 Å². The first-order valence-electron chi connectivity index (χ1n) is 9.94. The van der Waals surface area contributed by atoms with Crippen molar-refractivity contribution in [2.45, 2.75) is 13.3 Å². The van der Waals surface area contributed by atoms with Crippen LogP contribution in [-0.4, -0.2) is 28.2 Å². The molecular weight excluding hydrogens is 446 g/mol. The van der Waals surface area contributed by atoms with Crippen LogP contribution in [0.5, 0.6) is 0 Å². The first-order chi connectivity index (χ1) is 15.1. The van der Waals surface area contributed by atoms with Crippen LogP contribution in [-0.2, 0) is 0 Å². The van der Waals surface area contributed by atoms with E-state index in [4.69, 9.17) is 23.8 Å². The van der Waals surface area contributed by atoms with Gasteiger partial charge < -0.3 is 16.0 Å². The highest BCUT2D eigenvalue weighted by Crippen LogP contribution is 2.25. The van der Waals surface area contributed by atoms with Crippen LogP contribution in [0.4, 0.5) is 11.4 Å². The average Bonchev–Trinajstić information content (AvgIpc) is 3.20. The van der Waals surface area contributed by atoms with Crippen molar-refractivity contribution in [3.05, 3.63) is 70.1 Å². The zero-order valence-electron chi connectivity index (χ0n) is 17.0. The number of aryl methyl sites for hydroxylation is 1. The minimum absolute atomic E-state index is 0.607. The standard InChI is InChI=1S/C23H22ClN5S2/c1-15-28-22(14-31-15)16-4-2-5-18(12-16)29-23(30)27-10-3-9-25-20-8-11-26-21-13-17(24)6-7-19(20)21/h2,4-8,11-14H,3,9-10H2,1H3,(H,25,26)(H2,27,29,30). The lowest BCUT2D eigenvalue weighted by molar-refractivity contribution is 0.809. The van der Waals surface area contributed by atoms with Gasteiger partial charge in [0.25, 0.3) is 0 Å². The molecule has 0 fully saturated rings. The highest BCUT2D eigenvalue weighted by atomic mass is 35.5. The summed E-state index contributed by atoms with van der Waals surface area (Å²) in [6.07, 6.45) is 2.71. The maximum absolute atomic E-state index is 6.06. The minimum Gasteiger partial charge on any atom is -0.384 e. The fourth-order valence-corrected chi connectivity index (χ4v) is 4.22. The van der Waals surface area contributed by atoms with Gasteiger partial charge in [-0.2, -0.15) is 0 Å². The molecule has 2 aromatic heterocycles. The van der Waals surface area contributed by atoms with Gasteiger partial charge in [0.1, 0.15) is 0 Å². The fraction of sp³-hybridized carbons (Fsp3) is 0.174. The SMILES string of the molecule is Cc1nc(-c2cccc(NC(=S)NCCCNc3ccnc4cc(Cl)ccc34)c2)cs1. The van der Waals surface area contributed by atoms with E-state index in [9.17, 15) is 0 Å². The molecule has 0 unspecified atom stereocenters. The maximum Gasteiger partial charge on any atom is 0.170 e. The normalized spacial score (nSPS) is 10.8. The molecule has 8 heteroatoms. The summed E-state index contributed by atoms with van der Waals surface area (Å²) in [5.41, 5.74) is 4.95. The van der Waals surface area contributed by atoms with E-state index in [0.717, 1.165) is 58.1 Å². The van der Waals surface area contributed by atoms with Crippen LogP contribution in [0.1, 0.15) is 11.4 Å². The summed E-state index contributed by atoms with van der Waals surface area (Å²) < 4.78 is 0. The number of aromatic nitrogens is 2. The van der Waals surface area contributed by atoms with Crippen molar-refractivity contribution in [2.24, 2.45) is 0 Å². The van der Waals surface area contributed by atoms with Gasteiger partial charge in [-0.05, 0) is 62.0 Å². The number of fused-ring (bicyclic) bond motifs is 1. The molecule has 0 aliphatic heterocycles. The third-order valence-electron chi connectivity index (χ3n) is 4.69. The summed E-state index contributed by atoms with van der Waals surface area (Å²) >= 11 is 13.1. The average molecular weight is 468 g/mol. The van der Waals surface area contributed by atoms with E-state index in [-0.39, 0.29) is 0 Å². The Bertz CT molecular complexity index is 1210. The molecule has 31 heavy (non-hydrogen) atoms. The van der Waals surface area contributed by atoms with Gasteiger partial charge in [-0.1, -0.05) is 23.7 Å². The molecule has 4 rings (SSSR count). The predicted octanol–water partition coefficient (Wildman–Crippen LogP) is 6.11. The number of benzene rings is 2. The van der Waals surface area contributed by atoms with E-state index in [1.54, 1.807) is 17.5 Å². The third-order valence-corrected chi connectivity index (χ3v) is 5.95. The molecule has 158 valence electrons. The second kappa shape index (κ2) is 10.0. The highest BCUT2D eigenvalue weighted by Gasteiger charge is 2.05. The molecule has 0 spiro atoms. The van der Waals surface area contributed by atoms with Crippen LogP contribution in [0.2, 0.25) is 5.02 Å². The zero-order valence-corrected chi connectivity index (χ0v) is 19.4. The number of halogens is 1. The number of pyridine rings is 1. The molecule has 0 saturated heterocycles. The largest absolute Gasteiger partial charge is 0.384 e. The molecule has 4 aromatic rings. The second-order valence-electron chi connectivity index (χ2n) is 7.01. The van der Waals surface area contributed by atoms with Crippen molar-refractivity contribution in [2.75, 3.05) is 23.7 Å². The summed E-state index contributed by atoms with van der Waals surface area (Å²) in [5.74, 6) is 0. The molecule has 0 bridgehead atoms. The Hall–Kier alpha value is -2.74. The van der Waals surface area contributed by atoms with E-state index in [0.29, 0.717) is 10.1 Å². The summed E-state index contributed by atoms with van der Waals surface area (Å²) in [6.45, 7) is 3.59. The molecule has 0 amide bonds. The van der Waals surface area contributed by atoms with Crippen molar-refractivity contribution in [1.29, 1.82) is 0 Å². The molecule has 0 aliphatic carbocycles. The van der Waals surface area contributed by atoms with Crippen molar-refractivity contribution in [1.82, 2.24) is 15.3 Å². The lowest BCUT2D eigenvalue weighted by Gasteiger charge is -2.12. The number of nitrogens with one attached hydrogen (secondary N) is 3. The predicted molar refractivity (Wildman–Crippen MR) is 136 cm³/mol. The van der Waals surface area contributed by atoms with Crippen molar-refractivity contribution >= 4 is 62.5 Å². The molecule has 2 heterocycles. The Morgan fingerprint density at radius 1 is 1.13 bits per heavy atom. The minimum atomic E-state index is 0.607. The number of nitrogens with zero attached hydrogens (tertiary/aromatic N) is 2. The van der Waals surface area contributed by atoms with E-state index >= 15 is 0 Å². The van der Waals surface area contributed by atoms with Gasteiger partial charge in [0, 0.05) is 52.0 Å². The van der Waals surface area contributed by atoms with Crippen molar-refractivity contribution < 1.29 is 0 Å². The second-order valence-corrected chi connectivity index (χ2v) is 8.92. The van der Waals surface area contributed by atoms with Crippen molar-refractivity contribution in [3.8, 4) is 11.3 Å². The maximum atomic E-state index is 6.06. The quantitative estimate of drug-likeness (QED) is 0.225. The van der Waals surface area contributed by atoms with Crippen LogP contribution in [0.15, 0.2) is 60.1 Å². The van der Waals surface area contributed by atoms with E-state index in [1.807, 2.05) is 43.3 Å². The smallest absolute Gasteiger partial charge is 0.170 e. The number of thiazole rings is 1. The summed E-state index contributed by atoms with van der Waals surface area (Å²) in [5, 5.41) is 15.5. The number of hydrogen-bond acceptors (Lipinski definition) is 5. The molecule has 2 aromatic carbocycles. The van der Waals surface area contributed by atoms with Crippen molar-refractivity contribution in [3.63, 3.8) is 0 Å². The number of thiocarbonyl (C=S) groups is 1. The third kappa shape index (κ3) is 5.70. The summed E-state index contributed by atoms with van der Waals surface area (Å²) in [4.78, 5) is 8.92. The lowest BCUT2D eigenvalue weighted by Crippen LogP contribution is -2.30. The number of hydrogen-bond donors (Lipinski definition) is 3. The first kappa shape index (κ1) is 21.5. The van der Waals surface area contributed by atoms with Gasteiger partial charge in [0.05, 0.1) is 16.2 Å². The lowest BCUT2D eigenvalue weighted by atomic mass is 10.1. The zero-order chi connectivity index (χ0) is 21.6. The number of rotatable bonds is 7. The van der Waals surface area contributed by atoms with Gasteiger partial charge in [-0.15, -0.1) is 11.3 Å². The Kier molecular flexibility index (Phi) is 6.96. The molecular formula is C23H22ClN5S2. The summed E-state index contributed by atoms with van der Waals surface area (Å²) in [6, 6.07) is 15.8. The Balaban J connectivity index is 1.24. The highest BCUT2D eigenvalue weighted by molar-refractivity contribution is 7.80. The van der Waals surface area contributed by atoms with Gasteiger partial charge in [0.2, 0.25) is 0 Å². The molecule has 0 aliphatic rings. The van der Waals surface area contributed by atoms with Gasteiger partial charge in [-0.25, -0.2) is 4.98 Å². The van der Waals surface area contributed by atoms with E-state index in [1.165, 1.54) is 0 Å². The Morgan fingerprint density at radius 2 is 2.03 bits per heavy atom. The molecule has 5 nitrogen and oxygen atoms in total. The van der Waals surface area contributed by atoms with Gasteiger partial charge >= 0.3 is 0 Å². The van der Waals surface area contributed by atoms with Gasteiger partial charge in [0.15, 0.2) is 5.11 Å². The Labute approximate surface area is 195 Å². The molecule has 0 saturated carbocycles. The van der Waals surface area contributed by atoms with Crippen LogP contribution in [0.3, 0.4) is 0 Å². The van der Waals surface area contributed by atoms with Crippen LogP contribution in [0.25, 0.3) is 22.2 Å². The van der Waals surface area contributed by atoms with E-state index in [2.05, 4.69) is 43.4 Å². The van der Waals surface area contributed by atoms with E-state index < -0.39 is 0 Å². The Morgan fingerprint density at radius 3 is 2.87 bits per heavy atom. The van der Waals surface area contributed by atoms with Crippen LogP contribution in [0, 0.1) is 6.92 Å². The topological polar surface area (TPSA) is 61.9 Å². The number of anilines is 2. The molecule has 3 N–H and O–H groups in total.